The van der Waals surface area contributed by atoms with Crippen molar-refractivity contribution < 1.29 is 0 Å². The lowest BCUT2D eigenvalue weighted by Gasteiger charge is -2.18. The van der Waals surface area contributed by atoms with Crippen LogP contribution in [0.25, 0.3) is 139 Å². The first-order valence-corrected chi connectivity index (χ1v) is 26.0. The molecule has 0 aliphatic heterocycles. The predicted molar refractivity (Wildman–Crippen MR) is 318 cm³/mol. The van der Waals surface area contributed by atoms with Crippen LogP contribution >= 0.6 is 0 Å². The molecule has 5 aromatic heterocycles. The highest BCUT2D eigenvalue weighted by Gasteiger charge is 2.19. The topological polar surface area (TPSA) is 56.0 Å². The molecule has 9 aromatic carbocycles. The monoisotopic (exact) mass is 981 g/mol. The Morgan fingerprint density at radius 2 is 0.623 bits per heavy atom. The molecule has 77 heavy (non-hydrogen) atoms. The van der Waals surface area contributed by atoms with Gasteiger partial charge in [-0.2, -0.15) is 0 Å². The molecule has 14 rings (SSSR count). The third-order valence-corrected chi connectivity index (χ3v) is 14.8. The fraction of sp³-hybridized carbons (Fsp3) is 0. The number of hydrogen-bond acceptors (Lipinski definition) is 4. The van der Waals surface area contributed by atoms with Crippen molar-refractivity contribution in [3.05, 3.63) is 286 Å². The van der Waals surface area contributed by atoms with Gasteiger partial charge in [0.25, 0.3) is 0 Å². The third kappa shape index (κ3) is 8.52. The summed E-state index contributed by atoms with van der Waals surface area (Å²) in [5.41, 5.74) is 24.2. The first-order chi connectivity index (χ1) is 38.2. The van der Waals surface area contributed by atoms with Crippen molar-refractivity contribution in [1.29, 1.82) is 0 Å². The van der Waals surface area contributed by atoms with E-state index in [1.165, 1.54) is 11.1 Å². The van der Waals surface area contributed by atoms with Crippen molar-refractivity contribution >= 4 is 27.5 Å². The average Bonchev–Trinajstić information content (AvgIpc) is 4.08. The smallest absolute Gasteiger partial charge is 0.147 e. The Morgan fingerprint density at radius 3 is 1.12 bits per heavy atom. The molecule has 0 N–H and O–H groups in total. The van der Waals surface area contributed by atoms with Gasteiger partial charge in [-0.3, -0.25) is 19.4 Å². The summed E-state index contributed by atoms with van der Waals surface area (Å²) in [5, 5.41) is 2.06. The summed E-state index contributed by atoms with van der Waals surface area (Å²) < 4.78 is 2.23. The highest BCUT2D eigenvalue weighted by molar-refractivity contribution is 6.11. The van der Waals surface area contributed by atoms with Crippen LogP contribution in [0.3, 0.4) is 0 Å². The van der Waals surface area contributed by atoms with Crippen LogP contribution < -0.4 is 0 Å². The molecular formula is C72H47N5. The van der Waals surface area contributed by atoms with E-state index in [4.69, 9.17) is 19.9 Å². The number of fused-ring (bicyclic) bond motifs is 6. The molecule has 0 radical (unpaired) electrons. The standard InChI is InChI=1S/C72H47N5/c1-4-18-48(19-5-1)49-32-34-52(35-33-49)69-47-77-70-31-17-16-30-65(70)71-66(72(77)76-69)43-58(46-75-71)64-29-15-14-28-63(64)57-41-55(61-26-12-10-24-59(61)53-36-38-67(73-44-53)50-20-6-2-7-21-50)40-56(42-57)62-27-13-11-25-60(62)54-37-39-68(74-45-54)51-22-8-3-9-23-51/h1-47H. The van der Waals surface area contributed by atoms with E-state index in [2.05, 4.69) is 259 Å². The minimum atomic E-state index is 0.864. The second-order valence-corrected chi connectivity index (χ2v) is 19.4. The van der Waals surface area contributed by atoms with Gasteiger partial charge in [0.2, 0.25) is 0 Å². The van der Waals surface area contributed by atoms with Crippen molar-refractivity contribution in [2.75, 3.05) is 0 Å². The van der Waals surface area contributed by atoms with E-state index in [1.807, 2.05) is 30.7 Å². The van der Waals surface area contributed by atoms with Crippen molar-refractivity contribution in [3.8, 4) is 112 Å². The molecule has 0 atom stereocenters. The van der Waals surface area contributed by atoms with Crippen LogP contribution in [0.2, 0.25) is 0 Å². The molecular weight excluding hydrogens is 935 g/mol. The molecule has 0 bridgehead atoms. The number of hydrogen-bond donors (Lipinski definition) is 0. The Labute approximate surface area is 446 Å². The van der Waals surface area contributed by atoms with E-state index in [9.17, 15) is 0 Å². The van der Waals surface area contributed by atoms with Crippen LogP contribution in [0.4, 0.5) is 0 Å². The van der Waals surface area contributed by atoms with E-state index in [1.54, 1.807) is 0 Å². The first-order valence-electron chi connectivity index (χ1n) is 26.0. The second-order valence-electron chi connectivity index (χ2n) is 19.4. The van der Waals surface area contributed by atoms with Crippen LogP contribution in [0.15, 0.2) is 286 Å². The van der Waals surface area contributed by atoms with Gasteiger partial charge in [0.15, 0.2) is 0 Å². The van der Waals surface area contributed by atoms with E-state index in [-0.39, 0.29) is 0 Å². The summed E-state index contributed by atoms with van der Waals surface area (Å²) in [7, 11) is 0. The second kappa shape index (κ2) is 19.5. The highest BCUT2D eigenvalue weighted by Crippen LogP contribution is 2.43. The number of pyridine rings is 4. The van der Waals surface area contributed by atoms with Crippen molar-refractivity contribution in [3.63, 3.8) is 0 Å². The lowest BCUT2D eigenvalue weighted by Crippen LogP contribution is -1.94. The summed E-state index contributed by atoms with van der Waals surface area (Å²) >= 11 is 0. The van der Waals surface area contributed by atoms with Crippen molar-refractivity contribution in [2.24, 2.45) is 0 Å². The Bertz CT molecular complexity index is 4310. The zero-order valence-electron chi connectivity index (χ0n) is 41.9. The largest absolute Gasteiger partial charge is 0.298 e. The van der Waals surface area contributed by atoms with Crippen LogP contribution in [0.1, 0.15) is 0 Å². The Morgan fingerprint density at radius 1 is 0.247 bits per heavy atom. The molecule has 5 heterocycles. The highest BCUT2D eigenvalue weighted by atomic mass is 15.0. The molecule has 0 spiro atoms. The summed E-state index contributed by atoms with van der Waals surface area (Å²) in [6.07, 6.45) is 8.20. The zero-order chi connectivity index (χ0) is 51.1. The van der Waals surface area contributed by atoms with Gasteiger partial charge in [0.1, 0.15) is 5.65 Å². The number of aromatic nitrogens is 5. The lowest BCUT2D eigenvalue weighted by molar-refractivity contribution is 1.26. The fourth-order valence-electron chi connectivity index (χ4n) is 11.0. The first kappa shape index (κ1) is 45.3. The molecule has 0 amide bonds. The molecule has 14 aromatic rings. The maximum Gasteiger partial charge on any atom is 0.147 e. The van der Waals surface area contributed by atoms with Crippen molar-refractivity contribution in [1.82, 2.24) is 24.3 Å². The summed E-state index contributed by atoms with van der Waals surface area (Å²) in [4.78, 5) is 20.6. The number of rotatable bonds is 10. The van der Waals surface area contributed by atoms with Gasteiger partial charge in [0, 0.05) is 68.9 Å². The quantitative estimate of drug-likeness (QED) is 0.128. The number of imidazole rings is 1. The van der Waals surface area contributed by atoms with E-state index in [0.717, 1.165) is 128 Å². The Hall–Kier alpha value is -10.4. The van der Waals surface area contributed by atoms with Crippen LogP contribution in [0, 0.1) is 0 Å². The summed E-state index contributed by atoms with van der Waals surface area (Å²) in [6.45, 7) is 0. The average molecular weight is 982 g/mol. The van der Waals surface area contributed by atoms with Crippen LogP contribution in [0.5, 0.6) is 0 Å². The van der Waals surface area contributed by atoms with Gasteiger partial charge >= 0.3 is 0 Å². The Kier molecular flexibility index (Phi) is 11.5. The molecule has 5 nitrogen and oxygen atoms in total. The minimum Gasteiger partial charge on any atom is -0.298 e. The summed E-state index contributed by atoms with van der Waals surface area (Å²) in [6, 6.07) is 92.4. The lowest BCUT2D eigenvalue weighted by atomic mass is 9.86. The molecule has 0 saturated heterocycles. The fourth-order valence-corrected chi connectivity index (χ4v) is 11.0. The maximum atomic E-state index is 5.39. The van der Waals surface area contributed by atoms with E-state index < -0.39 is 0 Å². The van der Waals surface area contributed by atoms with Gasteiger partial charge in [0.05, 0.1) is 28.1 Å². The van der Waals surface area contributed by atoms with E-state index in [0.29, 0.717) is 0 Å². The number of nitrogens with zero attached hydrogens (tertiary/aromatic N) is 5. The summed E-state index contributed by atoms with van der Waals surface area (Å²) in [5.74, 6) is 0. The van der Waals surface area contributed by atoms with Gasteiger partial charge in [-0.25, -0.2) is 4.98 Å². The van der Waals surface area contributed by atoms with Crippen molar-refractivity contribution in [2.45, 2.75) is 0 Å². The van der Waals surface area contributed by atoms with Gasteiger partial charge in [-0.1, -0.05) is 218 Å². The molecule has 360 valence electrons. The number of para-hydroxylation sites is 1. The molecule has 0 aliphatic rings. The Balaban J connectivity index is 0.924. The predicted octanol–water partition coefficient (Wildman–Crippen LogP) is 18.5. The molecule has 0 fully saturated rings. The maximum absolute atomic E-state index is 5.39. The zero-order valence-corrected chi connectivity index (χ0v) is 41.9. The van der Waals surface area contributed by atoms with Gasteiger partial charge in [-0.05, 0) is 104 Å². The number of benzene rings is 9. The molecule has 0 aliphatic carbocycles. The van der Waals surface area contributed by atoms with E-state index >= 15 is 0 Å². The van der Waals surface area contributed by atoms with Crippen LogP contribution in [-0.2, 0) is 0 Å². The SMILES string of the molecule is c1ccc(-c2ccc(-c3cn4c5ccccc5c5ncc(-c6ccccc6-c6cc(-c7ccccc7-c7ccc(-c8ccccc8)nc7)cc(-c7ccccc7-c7ccc(-c8ccccc8)nc7)c6)cc5c4n3)cc2)cc1. The van der Waals surface area contributed by atoms with Gasteiger partial charge in [-0.15, -0.1) is 0 Å². The third-order valence-electron chi connectivity index (χ3n) is 14.8. The minimum absolute atomic E-state index is 0.864. The van der Waals surface area contributed by atoms with Gasteiger partial charge < -0.3 is 0 Å². The molecule has 0 unspecified atom stereocenters. The van der Waals surface area contributed by atoms with Crippen LogP contribution in [-0.4, -0.2) is 24.3 Å². The molecule has 0 saturated carbocycles. The normalized spacial score (nSPS) is 11.4. The molecule has 5 heteroatoms.